The van der Waals surface area contributed by atoms with Crippen molar-refractivity contribution >= 4 is 7.82 Å². The summed E-state index contributed by atoms with van der Waals surface area (Å²) in [5, 5.41) is 0. The number of rotatable bonds is 9. The van der Waals surface area contributed by atoms with Gasteiger partial charge in [0.2, 0.25) is 0 Å². The van der Waals surface area contributed by atoms with Crippen LogP contribution in [-0.4, -0.2) is 49.3 Å². The maximum atomic E-state index is 12.6. The van der Waals surface area contributed by atoms with E-state index in [-0.39, 0.29) is 12.1 Å². The van der Waals surface area contributed by atoms with Crippen LogP contribution in [0.5, 0.6) is 0 Å². The Balaban J connectivity index is 1.69. The largest absolute Gasteiger partial charge is 0.472 e. The normalized spacial score (nSPS) is 26.3. The van der Waals surface area contributed by atoms with Crippen LogP contribution in [0.15, 0.2) is 11.6 Å². The molecule has 2 aliphatic rings. The molecule has 0 radical (unpaired) electrons. The smallest absolute Gasteiger partial charge is 0.326 e. The van der Waals surface area contributed by atoms with Gasteiger partial charge in [-0.05, 0) is 57.8 Å². The fraction of sp³-hybridized carbons (Fsp3) is 0.931. The van der Waals surface area contributed by atoms with Gasteiger partial charge in [-0.1, -0.05) is 82.3 Å². The average Bonchev–Trinajstić information content (AvgIpc) is 2.80. The molecular formula is C29H57NO4P+. The lowest BCUT2D eigenvalue weighted by Crippen LogP contribution is -2.53. The van der Waals surface area contributed by atoms with Gasteiger partial charge < -0.3 is 9.38 Å². The molecule has 0 spiro atoms. The Bertz CT molecular complexity index is 613. The molecule has 0 aromatic rings. The topological polar surface area (TPSA) is 55.8 Å². The zero-order valence-corrected chi connectivity index (χ0v) is 24.2. The van der Waals surface area contributed by atoms with Crippen LogP contribution in [0.4, 0.5) is 0 Å². The first-order valence-corrected chi connectivity index (χ1v) is 16.4. The van der Waals surface area contributed by atoms with E-state index in [0.717, 1.165) is 49.4 Å². The van der Waals surface area contributed by atoms with Crippen LogP contribution in [0.2, 0.25) is 0 Å². The Kier molecular flexibility index (Phi) is 15.4. The van der Waals surface area contributed by atoms with Crippen LogP contribution in [-0.2, 0) is 13.6 Å². The maximum absolute atomic E-state index is 12.6. The summed E-state index contributed by atoms with van der Waals surface area (Å²) in [6.07, 6.45) is 28.4. The second-order valence-corrected chi connectivity index (χ2v) is 13.4. The number of nitrogens with zero attached hydrogens (tertiary/aromatic N) is 1. The fourth-order valence-corrected chi connectivity index (χ4v) is 6.83. The van der Waals surface area contributed by atoms with Crippen molar-refractivity contribution in [2.75, 3.05) is 27.7 Å². The number of hydrogen-bond donors (Lipinski definition) is 1. The zero-order valence-electron chi connectivity index (χ0n) is 23.4. The van der Waals surface area contributed by atoms with E-state index in [2.05, 4.69) is 27.2 Å². The predicted octanol–water partition coefficient (Wildman–Crippen LogP) is 8.71. The molecule has 2 fully saturated rings. The van der Waals surface area contributed by atoms with Crippen molar-refractivity contribution in [3.8, 4) is 0 Å². The second kappa shape index (κ2) is 17.3. The minimum absolute atomic E-state index is 0.205. The molecule has 0 bridgehead atoms. The minimum Gasteiger partial charge on any atom is -0.326 e. The first-order valence-electron chi connectivity index (χ1n) is 14.9. The highest BCUT2D eigenvalue weighted by Crippen LogP contribution is 2.47. The Morgan fingerprint density at radius 3 is 1.86 bits per heavy atom. The summed E-state index contributed by atoms with van der Waals surface area (Å²) < 4.78 is 24.4. The van der Waals surface area contributed by atoms with Gasteiger partial charge in [0.05, 0.1) is 27.7 Å². The van der Waals surface area contributed by atoms with E-state index in [1.807, 2.05) is 0 Å². The van der Waals surface area contributed by atoms with Crippen LogP contribution >= 0.6 is 7.82 Å². The number of phosphoric ester groups is 1. The quantitative estimate of drug-likeness (QED) is 0.145. The van der Waals surface area contributed by atoms with Gasteiger partial charge in [0.1, 0.15) is 12.1 Å². The molecule has 2 saturated carbocycles. The molecule has 35 heavy (non-hydrogen) atoms. The van der Waals surface area contributed by atoms with E-state index in [4.69, 9.17) is 9.05 Å². The summed E-state index contributed by atoms with van der Waals surface area (Å²) in [4.78, 5) is 10.3. The first kappa shape index (κ1) is 31.0. The van der Waals surface area contributed by atoms with Gasteiger partial charge in [0.25, 0.3) is 0 Å². The lowest BCUT2D eigenvalue weighted by atomic mass is 9.91. The Labute approximate surface area is 217 Å². The van der Waals surface area contributed by atoms with E-state index in [0.29, 0.717) is 6.61 Å². The number of quaternary nitrogens is 1. The number of phosphoric acid groups is 1. The summed E-state index contributed by atoms with van der Waals surface area (Å²) >= 11 is 0. The summed E-state index contributed by atoms with van der Waals surface area (Å²) in [7, 11) is 2.40. The van der Waals surface area contributed by atoms with Crippen molar-refractivity contribution in [3.05, 3.63) is 11.6 Å². The Morgan fingerprint density at radius 1 is 0.800 bits per heavy atom. The second-order valence-electron chi connectivity index (χ2n) is 12.0. The van der Waals surface area contributed by atoms with Gasteiger partial charge in [-0.25, -0.2) is 4.57 Å². The zero-order chi connectivity index (χ0) is 25.4. The molecule has 0 aromatic carbocycles. The van der Waals surface area contributed by atoms with Gasteiger partial charge in [0, 0.05) is 6.42 Å². The molecule has 0 aromatic heterocycles. The third kappa shape index (κ3) is 14.4. The molecule has 1 N–H and O–H groups in total. The standard InChI is InChI=1S/C29H56NO4P/c1-30(2,3)28-24-18-19-25-29(28)34-35(31,32)33-26-20-14-17-23-27-21-15-12-10-8-6-4-5-7-9-11-13-16-22-27/h23,28-29H,4-22,24-26H2,1-3H3/p+1/t28-,29-/m0/s1. The summed E-state index contributed by atoms with van der Waals surface area (Å²) in [5.74, 6) is 0. The molecule has 6 heteroatoms. The lowest BCUT2D eigenvalue weighted by molar-refractivity contribution is -0.900. The van der Waals surface area contributed by atoms with Crippen molar-refractivity contribution in [1.82, 2.24) is 0 Å². The van der Waals surface area contributed by atoms with E-state index < -0.39 is 7.82 Å². The molecule has 2 aliphatic carbocycles. The number of hydrogen-bond acceptors (Lipinski definition) is 3. The molecule has 0 heterocycles. The van der Waals surface area contributed by atoms with E-state index in [9.17, 15) is 9.46 Å². The average molecular weight is 515 g/mol. The van der Waals surface area contributed by atoms with E-state index >= 15 is 0 Å². The van der Waals surface area contributed by atoms with Gasteiger partial charge in [-0.3, -0.25) is 9.05 Å². The summed E-state index contributed by atoms with van der Waals surface area (Å²) in [5.41, 5.74) is 1.64. The molecule has 206 valence electrons. The molecule has 3 atom stereocenters. The summed E-state index contributed by atoms with van der Waals surface area (Å²) in [6, 6.07) is 0.240. The van der Waals surface area contributed by atoms with Crippen molar-refractivity contribution in [2.24, 2.45) is 0 Å². The highest BCUT2D eigenvalue weighted by molar-refractivity contribution is 7.47. The van der Waals surface area contributed by atoms with Crippen LogP contribution in [0.25, 0.3) is 0 Å². The Morgan fingerprint density at radius 2 is 1.31 bits per heavy atom. The molecule has 5 nitrogen and oxygen atoms in total. The predicted molar refractivity (Wildman–Crippen MR) is 148 cm³/mol. The molecule has 0 aliphatic heterocycles. The SMILES string of the molecule is C[N+](C)(C)[C@H]1CCCC[C@@H]1OP(=O)(O)OCCCCC=C1CCCCCCCCCCCCCC1. The first-order chi connectivity index (χ1) is 16.8. The monoisotopic (exact) mass is 514 g/mol. The van der Waals surface area contributed by atoms with Gasteiger partial charge in [-0.15, -0.1) is 0 Å². The maximum Gasteiger partial charge on any atom is 0.472 e. The molecule has 0 amide bonds. The van der Waals surface area contributed by atoms with E-state index in [1.54, 1.807) is 5.57 Å². The molecular weight excluding hydrogens is 457 g/mol. The van der Waals surface area contributed by atoms with Gasteiger partial charge in [0.15, 0.2) is 0 Å². The highest BCUT2D eigenvalue weighted by atomic mass is 31.2. The van der Waals surface area contributed by atoms with Crippen LogP contribution < -0.4 is 0 Å². The number of likely N-dealkylation sites (N-methyl/N-ethyl adjacent to an activating group) is 1. The molecule has 2 rings (SSSR count). The molecule has 0 saturated heterocycles. The van der Waals surface area contributed by atoms with Crippen molar-refractivity contribution in [1.29, 1.82) is 0 Å². The third-order valence-corrected chi connectivity index (χ3v) is 9.01. The van der Waals surface area contributed by atoms with Crippen molar-refractivity contribution in [2.45, 2.75) is 147 Å². The van der Waals surface area contributed by atoms with Crippen LogP contribution in [0, 0.1) is 0 Å². The van der Waals surface area contributed by atoms with Gasteiger partial charge >= 0.3 is 7.82 Å². The highest BCUT2D eigenvalue weighted by Gasteiger charge is 2.40. The van der Waals surface area contributed by atoms with Crippen molar-refractivity contribution < 1.29 is 23.0 Å². The third-order valence-electron chi connectivity index (χ3n) is 7.96. The Hall–Kier alpha value is -0.190. The van der Waals surface area contributed by atoms with Crippen molar-refractivity contribution in [3.63, 3.8) is 0 Å². The van der Waals surface area contributed by atoms with Gasteiger partial charge in [-0.2, -0.15) is 0 Å². The minimum atomic E-state index is -4.01. The van der Waals surface area contributed by atoms with E-state index in [1.165, 1.54) is 89.9 Å². The fourth-order valence-electron chi connectivity index (χ4n) is 5.82. The molecule has 1 unspecified atom stereocenters. The lowest BCUT2D eigenvalue weighted by Gasteiger charge is -2.41. The number of unbranched alkanes of at least 4 members (excludes halogenated alkanes) is 2. The van der Waals surface area contributed by atoms with Crippen LogP contribution in [0.1, 0.15) is 135 Å². The summed E-state index contributed by atoms with van der Waals surface area (Å²) in [6.45, 7) is 0.290. The van der Waals surface area contributed by atoms with Crippen LogP contribution in [0.3, 0.4) is 0 Å². The number of allylic oxidation sites excluding steroid dienone is 2.